The number of nitrogens with zero attached hydrogens (tertiary/aromatic N) is 4. The highest BCUT2D eigenvalue weighted by atomic mass is 127. The Balaban J connectivity index is 2.50. The van der Waals surface area contributed by atoms with Gasteiger partial charge in [-0.1, -0.05) is 25.4 Å². The SMILES string of the molecule is Cc1nccc(-c2nc(Cl)c(I)c(CC(C)C)n2)n1. The molecule has 0 fully saturated rings. The van der Waals surface area contributed by atoms with Crippen molar-refractivity contribution >= 4 is 34.2 Å². The molecule has 0 spiro atoms. The summed E-state index contributed by atoms with van der Waals surface area (Å²) in [6, 6.07) is 1.80. The zero-order valence-electron chi connectivity index (χ0n) is 11.0. The standard InChI is InChI=1S/C13H14ClIN4/c1-7(2)6-10-11(15)12(14)19-13(18-10)9-4-5-16-8(3)17-9/h4-5,7H,6H2,1-3H3. The van der Waals surface area contributed by atoms with Crippen molar-refractivity contribution in [2.75, 3.05) is 0 Å². The van der Waals surface area contributed by atoms with Crippen LogP contribution < -0.4 is 0 Å². The van der Waals surface area contributed by atoms with E-state index in [4.69, 9.17) is 11.6 Å². The van der Waals surface area contributed by atoms with Crippen molar-refractivity contribution in [3.05, 3.63) is 32.5 Å². The van der Waals surface area contributed by atoms with E-state index in [-0.39, 0.29) is 0 Å². The molecule has 2 aromatic rings. The fraction of sp³-hybridized carbons (Fsp3) is 0.385. The van der Waals surface area contributed by atoms with Crippen LogP contribution in [0.3, 0.4) is 0 Å². The van der Waals surface area contributed by atoms with Gasteiger partial charge >= 0.3 is 0 Å². The summed E-state index contributed by atoms with van der Waals surface area (Å²) in [7, 11) is 0. The van der Waals surface area contributed by atoms with Crippen LogP contribution in [0.1, 0.15) is 25.4 Å². The highest BCUT2D eigenvalue weighted by Gasteiger charge is 2.14. The average molecular weight is 389 g/mol. The predicted molar refractivity (Wildman–Crippen MR) is 84.1 cm³/mol. The number of halogens is 2. The molecule has 6 heteroatoms. The van der Waals surface area contributed by atoms with E-state index in [1.165, 1.54) is 0 Å². The summed E-state index contributed by atoms with van der Waals surface area (Å²) in [6.45, 7) is 6.15. The largest absolute Gasteiger partial charge is 0.242 e. The van der Waals surface area contributed by atoms with Crippen molar-refractivity contribution in [2.24, 2.45) is 5.92 Å². The van der Waals surface area contributed by atoms with Crippen LogP contribution in [-0.4, -0.2) is 19.9 Å². The normalized spacial score (nSPS) is 11.1. The first-order valence-corrected chi connectivity index (χ1v) is 7.45. The fourth-order valence-electron chi connectivity index (χ4n) is 1.68. The molecule has 19 heavy (non-hydrogen) atoms. The van der Waals surface area contributed by atoms with Crippen molar-refractivity contribution < 1.29 is 0 Å². The van der Waals surface area contributed by atoms with Gasteiger partial charge in [0.25, 0.3) is 0 Å². The van der Waals surface area contributed by atoms with Gasteiger partial charge in [-0.3, -0.25) is 0 Å². The van der Waals surface area contributed by atoms with Crippen LogP contribution in [0.2, 0.25) is 5.15 Å². The van der Waals surface area contributed by atoms with Gasteiger partial charge in [-0.25, -0.2) is 19.9 Å². The van der Waals surface area contributed by atoms with Gasteiger partial charge in [0, 0.05) is 6.20 Å². The van der Waals surface area contributed by atoms with Crippen LogP contribution >= 0.6 is 34.2 Å². The van der Waals surface area contributed by atoms with Gasteiger partial charge in [-0.15, -0.1) is 0 Å². The minimum Gasteiger partial charge on any atom is -0.242 e. The molecule has 0 amide bonds. The van der Waals surface area contributed by atoms with Crippen molar-refractivity contribution in [3.8, 4) is 11.5 Å². The van der Waals surface area contributed by atoms with E-state index in [0.717, 1.165) is 15.7 Å². The molecule has 4 nitrogen and oxygen atoms in total. The maximum absolute atomic E-state index is 6.19. The lowest BCUT2D eigenvalue weighted by molar-refractivity contribution is 0.632. The quantitative estimate of drug-likeness (QED) is 0.594. The first-order valence-electron chi connectivity index (χ1n) is 5.99. The van der Waals surface area contributed by atoms with E-state index in [1.54, 1.807) is 12.3 Å². The van der Waals surface area contributed by atoms with Crippen molar-refractivity contribution in [3.63, 3.8) is 0 Å². The van der Waals surface area contributed by atoms with Crippen LogP contribution in [0.4, 0.5) is 0 Å². The molecule has 0 radical (unpaired) electrons. The van der Waals surface area contributed by atoms with Crippen molar-refractivity contribution in [1.82, 2.24) is 19.9 Å². The summed E-state index contributed by atoms with van der Waals surface area (Å²) < 4.78 is 0.919. The Morgan fingerprint density at radius 3 is 2.63 bits per heavy atom. The Morgan fingerprint density at radius 1 is 1.26 bits per heavy atom. The Labute approximate surface area is 131 Å². The molecule has 0 aliphatic rings. The monoisotopic (exact) mass is 388 g/mol. The topological polar surface area (TPSA) is 51.6 Å². The summed E-state index contributed by atoms with van der Waals surface area (Å²) in [4.78, 5) is 17.3. The Bertz CT molecular complexity index is 601. The molecule has 0 atom stereocenters. The van der Waals surface area contributed by atoms with E-state index in [9.17, 15) is 0 Å². The first kappa shape index (κ1) is 14.6. The third kappa shape index (κ3) is 3.60. The molecule has 0 saturated heterocycles. The maximum Gasteiger partial charge on any atom is 0.180 e. The van der Waals surface area contributed by atoms with E-state index in [0.29, 0.717) is 28.4 Å². The second-order valence-electron chi connectivity index (χ2n) is 4.69. The Kier molecular flexibility index (Phi) is 4.67. The van der Waals surface area contributed by atoms with Crippen LogP contribution in [0, 0.1) is 16.4 Å². The van der Waals surface area contributed by atoms with Crippen LogP contribution in [0.25, 0.3) is 11.5 Å². The average Bonchev–Trinajstić information content (AvgIpc) is 2.34. The van der Waals surface area contributed by atoms with E-state index in [2.05, 4.69) is 56.4 Å². The minimum atomic E-state index is 0.484. The Hall–Kier alpha value is -0.820. The first-order chi connectivity index (χ1) is 8.97. The number of aromatic nitrogens is 4. The van der Waals surface area contributed by atoms with Gasteiger partial charge in [0.2, 0.25) is 0 Å². The minimum absolute atomic E-state index is 0.484. The van der Waals surface area contributed by atoms with Gasteiger partial charge < -0.3 is 0 Å². The summed E-state index contributed by atoms with van der Waals surface area (Å²) in [6.07, 6.45) is 2.58. The second kappa shape index (κ2) is 6.09. The third-order valence-corrected chi connectivity index (χ3v) is 4.21. The fourth-order valence-corrected chi connectivity index (χ4v) is 2.33. The summed E-state index contributed by atoms with van der Waals surface area (Å²) in [5.74, 6) is 1.77. The lowest BCUT2D eigenvalue weighted by Gasteiger charge is -2.10. The van der Waals surface area contributed by atoms with Crippen LogP contribution in [0.15, 0.2) is 12.3 Å². The van der Waals surface area contributed by atoms with Gasteiger partial charge in [-0.05, 0) is 47.9 Å². The molecule has 2 heterocycles. The van der Waals surface area contributed by atoms with Crippen LogP contribution in [-0.2, 0) is 6.42 Å². The highest BCUT2D eigenvalue weighted by Crippen LogP contribution is 2.24. The molecule has 100 valence electrons. The smallest absolute Gasteiger partial charge is 0.180 e. The number of hydrogen-bond acceptors (Lipinski definition) is 4. The summed E-state index contributed by atoms with van der Waals surface area (Å²) >= 11 is 8.38. The van der Waals surface area contributed by atoms with Gasteiger partial charge in [0.1, 0.15) is 16.7 Å². The molecule has 0 N–H and O–H groups in total. The van der Waals surface area contributed by atoms with Gasteiger partial charge in [0.05, 0.1) is 9.26 Å². The molecule has 0 aromatic carbocycles. The highest BCUT2D eigenvalue weighted by molar-refractivity contribution is 14.1. The van der Waals surface area contributed by atoms with E-state index in [1.807, 2.05) is 6.92 Å². The second-order valence-corrected chi connectivity index (χ2v) is 6.12. The third-order valence-electron chi connectivity index (χ3n) is 2.49. The number of rotatable bonds is 3. The van der Waals surface area contributed by atoms with Gasteiger partial charge in [-0.2, -0.15) is 0 Å². The molecule has 0 saturated carbocycles. The zero-order chi connectivity index (χ0) is 14.0. The number of aryl methyl sites for hydroxylation is 1. The lowest BCUT2D eigenvalue weighted by Crippen LogP contribution is -2.05. The van der Waals surface area contributed by atoms with Gasteiger partial charge in [0.15, 0.2) is 5.82 Å². The molecule has 0 unspecified atom stereocenters. The van der Waals surface area contributed by atoms with Crippen LogP contribution in [0.5, 0.6) is 0 Å². The molecule has 0 aliphatic heterocycles. The predicted octanol–water partition coefficient (Wildman–Crippen LogP) is 3.70. The van der Waals surface area contributed by atoms with E-state index >= 15 is 0 Å². The molecule has 2 aromatic heterocycles. The maximum atomic E-state index is 6.19. The van der Waals surface area contributed by atoms with Crippen molar-refractivity contribution in [2.45, 2.75) is 27.2 Å². The molecule has 0 bridgehead atoms. The summed E-state index contributed by atoms with van der Waals surface area (Å²) in [5.41, 5.74) is 1.68. The molecule has 0 aliphatic carbocycles. The lowest BCUT2D eigenvalue weighted by atomic mass is 10.1. The van der Waals surface area contributed by atoms with E-state index < -0.39 is 0 Å². The molecular weight excluding hydrogens is 375 g/mol. The Morgan fingerprint density at radius 2 is 2.00 bits per heavy atom. The summed E-state index contributed by atoms with van der Waals surface area (Å²) in [5, 5.41) is 0.484. The molecule has 2 rings (SSSR count). The zero-order valence-corrected chi connectivity index (χ0v) is 13.9. The van der Waals surface area contributed by atoms with Crippen molar-refractivity contribution in [1.29, 1.82) is 0 Å². The number of hydrogen-bond donors (Lipinski definition) is 0. The molecular formula is C13H14ClIN4.